The van der Waals surface area contributed by atoms with Crippen LogP contribution in [0.15, 0.2) is 6.07 Å². The number of nitrogens with zero attached hydrogens (tertiary/aromatic N) is 2. The zero-order valence-electron chi connectivity index (χ0n) is 21.5. The van der Waals surface area contributed by atoms with Gasteiger partial charge >= 0.3 is 12.1 Å². The molecule has 2 unspecified atom stereocenters. The molecular weight excluding hydrogens is 463 g/mol. The van der Waals surface area contributed by atoms with Crippen molar-refractivity contribution in [1.29, 1.82) is 0 Å². The minimum Gasteiger partial charge on any atom is -0.481 e. The van der Waals surface area contributed by atoms with E-state index >= 15 is 4.39 Å². The SMILES string of the molecule is C[C@@H]1C(C(C)(C)C)[C@](Cc2nc(Cl)cc(C(C)(C)O)c2F)(C(=O)O)C(C(C)(C)C)CN1C(=O)O. The number of carboxylic acid groups (broad SMARTS) is 2. The molecule has 1 aliphatic rings. The number of aliphatic carboxylic acids is 1. The Hall–Kier alpha value is -1.93. The largest absolute Gasteiger partial charge is 0.481 e. The summed E-state index contributed by atoms with van der Waals surface area (Å²) in [5.41, 5.74) is -4.62. The molecule has 192 valence electrons. The van der Waals surface area contributed by atoms with E-state index in [-0.39, 0.29) is 29.4 Å². The smallest absolute Gasteiger partial charge is 0.407 e. The van der Waals surface area contributed by atoms with Crippen molar-refractivity contribution in [2.45, 2.75) is 80.4 Å². The van der Waals surface area contributed by atoms with Gasteiger partial charge in [0.2, 0.25) is 0 Å². The Kier molecular flexibility index (Phi) is 7.44. The molecule has 0 radical (unpaired) electrons. The number of halogens is 2. The lowest BCUT2D eigenvalue weighted by molar-refractivity contribution is -0.184. The number of likely N-dealkylation sites (tertiary alicyclic amines) is 1. The first-order chi connectivity index (χ1) is 15.2. The highest BCUT2D eigenvalue weighted by atomic mass is 35.5. The molecule has 1 aromatic rings. The Morgan fingerprint density at radius 1 is 1.15 bits per heavy atom. The summed E-state index contributed by atoms with van der Waals surface area (Å²) < 4.78 is 15.7. The van der Waals surface area contributed by atoms with Gasteiger partial charge in [0, 0.05) is 30.5 Å². The van der Waals surface area contributed by atoms with Gasteiger partial charge in [0.25, 0.3) is 0 Å². The van der Waals surface area contributed by atoms with Gasteiger partial charge in [-0.05, 0) is 43.6 Å². The maximum absolute atomic E-state index is 15.7. The number of hydrogen-bond donors (Lipinski definition) is 3. The van der Waals surface area contributed by atoms with E-state index in [1.807, 2.05) is 41.5 Å². The lowest BCUT2D eigenvalue weighted by Gasteiger charge is -2.60. The molecule has 1 aromatic heterocycles. The molecule has 1 aliphatic heterocycles. The normalized spacial score (nSPS) is 26.5. The van der Waals surface area contributed by atoms with Gasteiger partial charge < -0.3 is 20.2 Å². The Morgan fingerprint density at radius 3 is 2.06 bits per heavy atom. The predicted octanol–water partition coefficient (Wildman–Crippen LogP) is 5.42. The van der Waals surface area contributed by atoms with Crippen LogP contribution in [-0.4, -0.2) is 49.9 Å². The number of amides is 1. The lowest BCUT2D eigenvalue weighted by Crippen LogP contribution is -2.68. The minimum atomic E-state index is -1.56. The summed E-state index contributed by atoms with van der Waals surface area (Å²) in [6.45, 7) is 15.8. The first-order valence-electron chi connectivity index (χ1n) is 11.5. The second-order valence-electron chi connectivity index (χ2n) is 12.3. The van der Waals surface area contributed by atoms with Gasteiger partial charge in [0.05, 0.1) is 16.7 Å². The lowest BCUT2D eigenvalue weighted by atomic mass is 9.48. The van der Waals surface area contributed by atoms with E-state index in [0.29, 0.717) is 0 Å². The second kappa shape index (κ2) is 8.94. The maximum atomic E-state index is 15.7. The summed E-state index contributed by atoms with van der Waals surface area (Å²) in [5, 5.41) is 31.2. The molecule has 0 saturated carbocycles. The Bertz CT molecular complexity index is 964. The highest BCUT2D eigenvalue weighted by Gasteiger charge is 2.64. The maximum Gasteiger partial charge on any atom is 0.407 e. The van der Waals surface area contributed by atoms with Crippen LogP contribution in [0.5, 0.6) is 0 Å². The number of carbonyl (C=O) groups is 2. The summed E-state index contributed by atoms with van der Waals surface area (Å²) >= 11 is 6.19. The second-order valence-corrected chi connectivity index (χ2v) is 12.7. The number of hydrogen-bond acceptors (Lipinski definition) is 4. The van der Waals surface area contributed by atoms with Crippen molar-refractivity contribution < 1.29 is 29.3 Å². The molecule has 0 aromatic carbocycles. The third kappa shape index (κ3) is 5.03. The van der Waals surface area contributed by atoms with E-state index < -0.39 is 57.6 Å². The summed E-state index contributed by atoms with van der Waals surface area (Å²) in [6.07, 6.45) is -1.41. The molecular formula is C25H38ClFN2O5. The molecule has 1 saturated heterocycles. The van der Waals surface area contributed by atoms with Crippen LogP contribution in [0, 0.1) is 33.9 Å². The van der Waals surface area contributed by atoms with Crippen LogP contribution in [0.25, 0.3) is 0 Å². The summed E-state index contributed by atoms with van der Waals surface area (Å²) in [6, 6.07) is 0.592. The summed E-state index contributed by atoms with van der Waals surface area (Å²) in [7, 11) is 0. The molecule has 2 rings (SSSR count). The van der Waals surface area contributed by atoms with Gasteiger partial charge in [-0.2, -0.15) is 0 Å². The number of aliphatic hydroxyl groups is 1. The van der Waals surface area contributed by atoms with Gasteiger partial charge in [-0.15, -0.1) is 0 Å². The predicted molar refractivity (Wildman–Crippen MR) is 128 cm³/mol. The molecule has 9 heteroatoms. The third-order valence-electron chi connectivity index (χ3n) is 7.27. The molecule has 2 heterocycles. The van der Waals surface area contributed by atoms with E-state index in [9.17, 15) is 24.9 Å². The zero-order valence-corrected chi connectivity index (χ0v) is 22.3. The fourth-order valence-electron chi connectivity index (χ4n) is 6.13. The first-order valence-corrected chi connectivity index (χ1v) is 11.8. The van der Waals surface area contributed by atoms with Crippen molar-refractivity contribution in [3.63, 3.8) is 0 Å². The van der Waals surface area contributed by atoms with Crippen molar-refractivity contribution in [3.05, 3.63) is 28.3 Å². The number of rotatable bonds is 4. The van der Waals surface area contributed by atoms with E-state index in [1.165, 1.54) is 24.8 Å². The monoisotopic (exact) mass is 500 g/mol. The van der Waals surface area contributed by atoms with Crippen LogP contribution in [0.4, 0.5) is 9.18 Å². The van der Waals surface area contributed by atoms with E-state index in [0.717, 1.165) is 0 Å². The van der Waals surface area contributed by atoms with Crippen molar-refractivity contribution in [2.75, 3.05) is 6.54 Å². The summed E-state index contributed by atoms with van der Waals surface area (Å²) in [4.78, 5) is 30.9. The third-order valence-corrected chi connectivity index (χ3v) is 7.46. The van der Waals surface area contributed by atoms with Gasteiger partial charge in [-0.25, -0.2) is 14.2 Å². The highest BCUT2D eigenvalue weighted by Crippen LogP contribution is 2.58. The Morgan fingerprint density at radius 2 is 1.68 bits per heavy atom. The molecule has 1 amide bonds. The molecule has 0 spiro atoms. The average molecular weight is 501 g/mol. The number of piperidine rings is 1. The minimum absolute atomic E-state index is 0.0145. The molecule has 4 atom stereocenters. The van der Waals surface area contributed by atoms with Crippen LogP contribution >= 0.6 is 11.6 Å². The standard InChI is InChI=1S/C25H38ClFN2O5/c1-13-19(23(5,6)7)25(20(30)31,16(22(2,3)4)12-29(13)21(32)33)11-15-18(27)14(24(8,9)34)10-17(26)28-15/h10,13,16,19,34H,11-12H2,1-9H3,(H,30,31)(H,32,33)/t13-,16?,19?,25-/m1/s1. The fraction of sp³-hybridized carbons (Fsp3) is 0.720. The molecule has 0 bridgehead atoms. The van der Waals surface area contributed by atoms with E-state index in [4.69, 9.17) is 11.6 Å². The molecule has 3 N–H and O–H groups in total. The van der Waals surface area contributed by atoms with Crippen LogP contribution in [0.2, 0.25) is 5.15 Å². The topological polar surface area (TPSA) is 111 Å². The average Bonchev–Trinajstić information content (AvgIpc) is 2.60. The summed E-state index contributed by atoms with van der Waals surface area (Å²) in [5.74, 6) is -3.28. The van der Waals surface area contributed by atoms with Crippen molar-refractivity contribution >= 4 is 23.7 Å². The van der Waals surface area contributed by atoms with Crippen molar-refractivity contribution in [3.8, 4) is 0 Å². The van der Waals surface area contributed by atoms with Crippen molar-refractivity contribution in [1.82, 2.24) is 9.88 Å². The molecule has 0 aliphatic carbocycles. The van der Waals surface area contributed by atoms with Gasteiger partial charge in [0.15, 0.2) is 5.82 Å². The van der Waals surface area contributed by atoms with Gasteiger partial charge in [-0.1, -0.05) is 53.1 Å². The highest BCUT2D eigenvalue weighted by molar-refractivity contribution is 6.29. The number of pyridine rings is 1. The van der Waals surface area contributed by atoms with Gasteiger partial charge in [-0.3, -0.25) is 4.79 Å². The van der Waals surface area contributed by atoms with Crippen LogP contribution in [0.3, 0.4) is 0 Å². The molecule has 7 nitrogen and oxygen atoms in total. The van der Waals surface area contributed by atoms with Gasteiger partial charge in [0.1, 0.15) is 5.15 Å². The van der Waals surface area contributed by atoms with Crippen LogP contribution < -0.4 is 0 Å². The van der Waals surface area contributed by atoms with Crippen molar-refractivity contribution in [2.24, 2.45) is 28.1 Å². The first kappa shape index (κ1) is 28.3. The number of carboxylic acids is 1. The number of aromatic nitrogens is 1. The van der Waals surface area contributed by atoms with Crippen LogP contribution in [-0.2, 0) is 16.8 Å². The Labute approximate surface area is 206 Å². The van der Waals surface area contributed by atoms with E-state index in [1.54, 1.807) is 6.92 Å². The molecule has 1 fully saturated rings. The Balaban J connectivity index is 2.92. The zero-order chi connectivity index (χ0) is 26.6. The van der Waals surface area contributed by atoms with E-state index in [2.05, 4.69) is 4.98 Å². The molecule has 34 heavy (non-hydrogen) atoms. The fourth-order valence-corrected chi connectivity index (χ4v) is 6.34. The quantitative estimate of drug-likeness (QED) is 0.476. The van der Waals surface area contributed by atoms with Crippen LogP contribution in [0.1, 0.15) is 73.6 Å².